The van der Waals surface area contributed by atoms with E-state index in [0.29, 0.717) is 0 Å². The number of aromatic nitrogens is 2. The molecule has 8 heteroatoms. The highest BCUT2D eigenvalue weighted by molar-refractivity contribution is 14.1. The number of anilines is 2. The highest BCUT2D eigenvalue weighted by Crippen LogP contribution is 2.62. The van der Waals surface area contributed by atoms with E-state index in [1.54, 1.807) is 0 Å². The van der Waals surface area contributed by atoms with Gasteiger partial charge in [-0.3, -0.25) is 0 Å². The Balaban J connectivity index is 1.63. The molecule has 0 bridgehead atoms. The maximum atomic E-state index is 6.77. The Labute approximate surface area is 236 Å². The van der Waals surface area contributed by atoms with Crippen LogP contribution in [0, 0.1) is 10.5 Å². The molecule has 0 spiro atoms. The lowest BCUT2D eigenvalue weighted by molar-refractivity contribution is 0.639. The van der Waals surface area contributed by atoms with Gasteiger partial charge in [-0.2, -0.15) is 5.10 Å². The molecule has 3 aromatic carbocycles. The van der Waals surface area contributed by atoms with Crippen LogP contribution in [0.1, 0.15) is 25.1 Å². The van der Waals surface area contributed by atoms with Gasteiger partial charge in [0.05, 0.1) is 22.9 Å². The molecule has 0 saturated heterocycles. The number of allylic oxidation sites excluding steroid dienone is 2. The zero-order valence-corrected chi connectivity index (χ0v) is 25.0. The first kappa shape index (κ1) is 24.6. The molecule has 0 amide bonds. The van der Waals surface area contributed by atoms with Crippen molar-refractivity contribution in [1.29, 1.82) is 0 Å². The van der Waals surface area contributed by atoms with Crippen molar-refractivity contribution in [2.45, 2.75) is 26.2 Å². The Morgan fingerprint density at radius 1 is 0.946 bits per heavy atom. The van der Waals surface area contributed by atoms with Gasteiger partial charge in [-0.05, 0) is 77.5 Å². The Morgan fingerprint density at radius 3 is 2.32 bits per heavy atom. The zero-order valence-electron chi connectivity index (χ0n) is 21.1. The van der Waals surface area contributed by atoms with Crippen molar-refractivity contribution in [3.63, 3.8) is 0 Å². The summed E-state index contributed by atoms with van der Waals surface area (Å²) in [6, 6.07) is 27.2. The summed E-state index contributed by atoms with van der Waals surface area (Å²) in [7, 11) is 2.14. The Morgan fingerprint density at radius 2 is 1.62 bits per heavy atom. The van der Waals surface area contributed by atoms with Crippen LogP contribution in [0.15, 0.2) is 94.9 Å². The second kappa shape index (κ2) is 8.93. The van der Waals surface area contributed by atoms with Crippen LogP contribution < -0.4 is 15.3 Å². The molecule has 1 aromatic heterocycles. The van der Waals surface area contributed by atoms with Gasteiger partial charge in [0.1, 0.15) is 0 Å². The van der Waals surface area contributed by atoms with Crippen molar-refractivity contribution in [3.05, 3.63) is 105 Å². The van der Waals surface area contributed by atoms with E-state index >= 15 is 0 Å². The van der Waals surface area contributed by atoms with Crippen molar-refractivity contribution in [2.24, 2.45) is 4.99 Å². The van der Waals surface area contributed by atoms with Crippen LogP contribution >= 0.6 is 28.8 Å². The van der Waals surface area contributed by atoms with E-state index in [4.69, 9.17) is 21.9 Å². The molecule has 1 atom stereocenters. The van der Waals surface area contributed by atoms with E-state index in [9.17, 15) is 0 Å². The Hall–Kier alpha value is -2.74. The molecule has 0 radical (unpaired) electrons. The molecule has 2 aliphatic heterocycles. The predicted octanol–water partition coefficient (Wildman–Crippen LogP) is 7.27. The van der Waals surface area contributed by atoms with Crippen LogP contribution in [-0.4, -0.2) is 23.0 Å². The standard InChI is InChI=1S/C29H27IN5PS/c1-19-26-28(35(32-19)22-10-6-5-7-11-22)31-18-25(36(26,37)33-21-16-14-20(30)15-17-21)27-29(2,3)23-12-8-9-13-24(23)34(27)4/h5-18H,1-4H3,(H,33,37). The first-order valence-electron chi connectivity index (χ1n) is 12.1. The number of fused-ring (bicyclic) bond motifs is 2. The largest absolute Gasteiger partial charge is 0.351 e. The monoisotopic (exact) mass is 635 g/mol. The van der Waals surface area contributed by atoms with E-state index in [1.807, 2.05) is 29.1 Å². The summed E-state index contributed by atoms with van der Waals surface area (Å²) in [5, 5.41) is 10.9. The molecule has 4 aromatic rings. The van der Waals surface area contributed by atoms with Gasteiger partial charge in [-0.1, -0.05) is 62.1 Å². The number of likely N-dealkylation sites (N-methyl/N-ethyl adjacent to an activating group) is 1. The molecule has 5 nitrogen and oxygen atoms in total. The van der Waals surface area contributed by atoms with Crippen LogP contribution in [-0.2, 0) is 17.2 Å². The number of aliphatic imine (C=N–C) groups is 1. The van der Waals surface area contributed by atoms with Gasteiger partial charge in [-0.15, -0.1) is 0 Å². The summed E-state index contributed by atoms with van der Waals surface area (Å²) < 4.78 is 3.11. The average Bonchev–Trinajstić information content (AvgIpc) is 3.34. The zero-order chi connectivity index (χ0) is 25.9. The SMILES string of the molecule is Cc1nn(-c2ccccc2)c2c1P(=S)(Nc1ccc(I)cc1)C(=C1N(C)c3ccccc3C1(C)C)C=N2. The summed E-state index contributed by atoms with van der Waals surface area (Å²) in [5.74, 6) is 0.811. The van der Waals surface area contributed by atoms with Crippen LogP contribution in [0.4, 0.5) is 17.2 Å². The number of nitrogens with zero attached hydrogens (tertiary/aromatic N) is 4. The van der Waals surface area contributed by atoms with Crippen LogP contribution in [0.25, 0.3) is 5.69 Å². The first-order chi connectivity index (χ1) is 17.7. The maximum Gasteiger partial charge on any atom is 0.166 e. The second-order valence-corrected chi connectivity index (χ2v) is 15.2. The summed E-state index contributed by atoms with van der Waals surface area (Å²) in [6.07, 6.45) is -0.594. The number of para-hydroxylation sites is 2. The lowest BCUT2D eigenvalue weighted by atomic mass is 9.84. The quantitative estimate of drug-likeness (QED) is 0.190. The van der Waals surface area contributed by atoms with Crippen LogP contribution in [0.2, 0.25) is 0 Å². The van der Waals surface area contributed by atoms with E-state index in [2.05, 4.69) is 121 Å². The van der Waals surface area contributed by atoms with Gasteiger partial charge in [0.25, 0.3) is 0 Å². The molecule has 0 fully saturated rings. The number of rotatable bonds is 3. The second-order valence-electron chi connectivity index (χ2n) is 9.93. The lowest BCUT2D eigenvalue weighted by Gasteiger charge is -2.35. The minimum atomic E-state index is -2.60. The minimum Gasteiger partial charge on any atom is -0.351 e. The lowest BCUT2D eigenvalue weighted by Crippen LogP contribution is -2.29. The minimum absolute atomic E-state index is 0.231. The summed E-state index contributed by atoms with van der Waals surface area (Å²) in [5.41, 5.74) is 6.36. The van der Waals surface area contributed by atoms with Gasteiger partial charge < -0.3 is 9.99 Å². The van der Waals surface area contributed by atoms with Gasteiger partial charge in [0, 0.05) is 44.6 Å². The third kappa shape index (κ3) is 3.82. The summed E-state index contributed by atoms with van der Waals surface area (Å²) >= 11 is 9.10. The Kier molecular flexibility index (Phi) is 5.93. The maximum absolute atomic E-state index is 6.77. The van der Waals surface area contributed by atoms with Gasteiger partial charge in [0.2, 0.25) is 0 Å². The van der Waals surface area contributed by atoms with Crippen LogP contribution in [0.3, 0.4) is 0 Å². The number of benzene rings is 3. The number of nitrogens with one attached hydrogen (secondary N) is 1. The fraction of sp³-hybridized carbons (Fsp3) is 0.172. The normalized spacial score (nSPS) is 21.6. The van der Waals surface area contributed by atoms with Crippen molar-refractivity contribution < 1.29 is 0 Å². The molecule has 37 heavy (non-hydrogen) atoms. The van der Waals surface area contributed by atoms with Crippen molar-refractivity contribution in [1.82, 2.24) is 9.78 Å². The number of halogens is 1. The third-order valence-corrected chi connectivity index (χ3v) is 12.1. The highest BCUT2D eigenvalue weighted by Gasteiger charge is 2.45. The summed E-state index contributed by atoms with van der Waals surface area (Å²) in [4.78, 5) is 7.34. The topological polar surface area (TPSA) is 45.5 Å². The summed E-state index contributed by atoms with van der Waals surface area (Å²) in [6.45, 7) is 6.62. The third-order valence-electron chi connectivity index (χ3n) is 7.21. The van der Waals surface area contributed by atoms with Gasteiger partial charge in [-0.25, -0.2) is 9.67 Å². The molecule has 6 rings (SSSR count). The molecule has 3 heterocycles. The molecule has 0 saturated carbocycles. The number of aryl methyl sites for hydroxylation is 1. The van der Waals surface area contributed by atoms with Crippen molar-refractivity contribution in [3.8, 4) is 5.69 Å². The van der Waals surface area contributed by atoms with Crippen molar-refractivity contribution in [2.75, 3.05) is 17.0 Å². The van der Waals surface area contributed by atoms with E-state index in [0.717, 1.165) is 33.5 Å². The Bertz CT molecular complexity index is 1640. The molecule has 1 N–H and O–H groups in total. The highest BCUT2D eigenvalue weighted by atomic mass is 127. The molecular formula is C29H27IN5PS. The van der Waals surface area contributed by atoms with E-state index in [1.165, 1.54) is 20.5 Å². The fourth-order valence-corrected chi connectivity index (χ4v) is 10.1. The van der Waals surface area contributed by atoms with E-state index < -0.39 is 6.19 Å². The molecule has 186 valence electrons. The fourth-order valence-electron chi connectivity index (χ4n) is 5.55. The molecule has 0 aliphatic carbocycles. The molecule has 2 aliphatic rings. The van der Waals surface area contributed by atoms with E-state index in [-0.39, 0.29) is 5.41 Å². The van der Waals surface area contributed by atoms with Crippen molar-refractivity contribution >= 4 is 69.3 Å². The number of hydrogen-bond acceptors (Lipinski definition) is 4. The number of hydrogen-bond donors (Lipinski definition) is 1. The average molecular weight is 636 g/mol. The molecule has 1 unspecified atom stereocenters. The van der Waals surface area contributed by atoms with Gasteiger partial charge in [0.15, 0.2) is 5.82 Å². The molecular weight excluding hydrogens is 608 g/mol. The first-order valence-corrected chi connectivity index (χ1v) is 16.0. The predicted molar refractivity (Wildman–Crippen MR) is 168 cm³/mol. The smallest absolute Gasteiger partial charge is 0.166 e. The van der Waals surface area contributed by atoms with Crippen LogP contribution in [0.5, 0.6) is 0 Å². The van der Waals surface area contributed by atoms with Gasteiger partial charge >= 0.3 is 0 Å².